The number of carbonyl (C=O) groups excluding carboxylic acids is 2. The van der Waals surface area contributed by atoms with Crippen molar-refractivity contribution in [1.29, 1.82) is 0 Å². The number of thioether (sulfide) groups is 1. The lowest BCUT2D eigenvalue weighted by Gasteiger charge is -2.25. The van der Waals surface area contributed by atoms with E-state index in [9.17, 15) is 9.59 Å². The smallest absolute Gasteiger partial charge is 0.283 e. The number of hydrazine groups is 1. The Labute approximate surface area is 165 Å². The minimum absolute atomic E-state index is 0.0741. The molecule has 2 aromatic carbocycles. The Morgan fingerprint density at radius 1 is 0.929 bits per heavy atom. The van der Waals surface area contributed by atoms with Crippen molar-refractivity contribution < 1.29 is 28.5 Å². The van der Waals surface area contributed by atoms with Gasteiger partial charge in [-0.3, -0.25) is 20.4 Å². The fourth-order valence-electron chi connectivity index (χ4n) is 2.66. The highest BCUT2D eigenvalue weighted by molar-refractivity contribution is 8.00. The molecule has 2 aliphatic rings. The summed E-state index contributed by atoms with van der Waals surface area (Å²) in [6.45, 7) is 1.11. The van der Waals surface area contributed by atoms with Gasteiger partial charge in [0.2, 0.25) is 12.0 Å². The molecule has 0 spiro atoms. The lowest BCUT2D eigenvalue weighted by Crippen LogP contribution is -2.51. The standard InChI is InChI=1S/C19H18N2O6S/c22-18(11-28-12-5-6-14-16(9-12)25-8-7-24-14)20-21-19(23)17-10-26-13-3-1-2-4-15(13)27-17/h1-6,9,17H,7-8,10-11H2,(H,20,22)(H,21,23). The SMILES string of the molecule is O=C(CSc1ccc2c(c1)OCCO2)NNC(=O)C1COc2ccccc2O1. The monoisotopic (exact) mass is 402 g/mol. The molecule has 0 aromatic heterocycles. The molecule has 2 aromatic rings. The first-order valence-electron chi connectivity index (χ1n) is 8.69. The molecule has 0 aliphatic carbocycles. The number of amides is 2. The van der Waals surface area contributed by atoms with Crippen molar-refractivity contribution in [2.75, 3.05) is 25.6 Å². The van der Waals surface area contributed by atoms with Crippen LogP contribution in [0.1, 0.15) is 0 Å². The lowest BCUT2D eigenvalue weighted by molar-refractivity contribution is -0.134. The van der Waals surface area contributed by atoms with Gasteiger partial charge in [0, 0.05) is 4.90 Å². The summed E-state index contributed by atoms with van der Waals surface area (Å²) in [5.41, 5.74) is 4.75. The summed E-state index contributed by atoms with van der Waals surface area (Å²) in [5.74, 6) is 1.76. The number of para-hydroxylation sites is 2. The molecule has 9 heteroatoms. The summed E-state index contributed by atoms with van der Waals surface area (Å²) in [4.78, 5) is 25.1. The summed E-state index contributed by atoms with van der Waals surface area (Å²) in [6.07, 6.45) is -0.833. The van der Waals surface area contributed by atoms with Gasteiger partial charge in [-0.05, 0) is 30.3 Å². The first-order chi connectivity index (χ1) is 13.7. The average Bonchev–Trinajstić information content (AvgIpc) is 2.75. The number of nitrogens with one attached hydrogen (secondary N) is 2. The Bertz CT molecular complexity index is 890. The van der Waals surface area contributed by atoms with Gasteiger partial charge in [0.1, 0.15) is 19.8 Å². The zero-order valence-corrected chi connectivity index (χ0v) is 15.6. The van der Waals surface area contributed by atoms with E-state index in [1.165, 1.54) is 11.8 Å². The van der Waals surface area contributed by atoms with E-state index in [1.807, 2.05) is 24.3 Å². The first kappa shape index (κ1) is 18.3. The fraction of sp³-hybridized carbons (Fsp3) is 0.263. The maximum Gasteiger partial charge on any atom is 0.283 e. The molecular formula is C19H18N2O6S. The van der Waals surface area contributed by atoms with Crippen molar-refractivity contribution in [3.8, 4) is 23.0 Å². The third kappa shape index (κ3) is 4.25. The summed E-state index contributed by atoms with van der Waals surface area (Å²) in [5, 5.41) is 0. The van der Waals surface area contributed by atoms with Crippen LogP contribution < -0.4 is 29.8 Å². The first-order valence-corrected chi connectivity index (χ1v) is 9.67. The third-order valence-electron chi connectivity index (χ3n) is 4.01. The van der Waals surface area contributed by atoms with Crippen LogP contribution in [0.3, 0.4) is 0 Å². The molecule has 2 N–H and O–H groups in total. The van der Waals surface area contributed by atoms with Gasteiger partial charge in [-0.1, -0.05) is 12.1 Å². The van der Waals surface area contributed by atoms with Crippen molar-refractivity contribution >= 4 is 23.6 Å². The van der Waals surface area contributed by atoms with Crippen LogP contribution in [0.5, 0.6) is 23.0 Å². The molecule has 8 nitrogen and oxygen atoms in total. The summed E-state index contributed by atoms with van der Waals surface area (Å²) in [6, 6.07) is 12.6. The van der Waals surface area contributed by atoms with Gasteiger partial charge in [0.25, 0.3) is 5.91 Å². The van der Waals surface area contributed by atoms with E-state index < -0.39 is 12.0 Å². The second-order valence-corrected chi connectivity index (χ2v) is 7.04. The van der Waals surface area contributed by atoms with Crippen LogP contribution in [0.2, 0.25) is 0 Å². The van der Waals surface area contributed by atoms with E-state index in [-0.39, 0.29) is 18.3 Å². The summed E-state index contributed by atoms with van der Waals surface area (Å²) < 4.78 is 22.1. The molecule has 2 amide bonds. The zero-order valence-electron chi connectivity index (χ0n) is 14.8. The lowest BCUT2D eigenvalue weighted by atomic mass is 10.2. The average molecular weight is 402 g/mol. The number of carbonyl (C=O) groups is 2. The van der Waals surface area contributed by atoms with Crippen LogP contribution in [0, 0.1) is 0 Å². The van der Waals surface area contributed by atoms with Gasteiger partial charge < -0.3 is 18.9 Å². The van der Waals surface area contributed by atoms with E-state index in [4.69, 9.17) is 18.9 Å². The van der Waals surface area contributed by atoms with Crippen LogP contribution >= 0.6 is 11.8 Å². The van der Waals surface area contributed by atoms with Gasteiger partial charge in [-0.15, -0.1) is 11.8 Å². The second kappa shape index (κ2) is 8.30. The van der Waals surface area contributed by atoms with Gasteiger partial charge in [-0.2, -0.15) is 0 Å². The van der Waals surface area contributed by atoms with Crippen molar-refractivity contribution in [2.45, 2.75) is 11.0 Å². The van der Waals surface area contributed by atoms with Gasteiger partial charge >= 0.3 is 0 Å². The Morgan fingerprint density at radius 3 is 2.54 bits per heavy atom. The van der Waals surface area contributed by atoms with E-state index in [0.717, 1.165) is 4.90 Å². The molecule has 1 unspecified atom stereocenters. The van der Waals surface area contributed by atoms with E-state index in [0.29, 0.717) is 36.2 Å². The molecule has 2 aliphatic heterocycles. The Kier molecular flexibility index (Phi) is 5.43. The number of fused-ring (bicyclic) bond motifs is 2. The number of rotatable bonds is 4. The van der Waals surface area contributed by atoms with Crippen LogP contribution in [-0.4, -0.2) is 43.5 Å². The minimum Gasteiger partial charge on any atom is -0.486 e. The van der Waals surface area contributed by atoms with Gasteiger partial charge in [0.05, 0.1) is 5.75 Å². The fourth-order valence-corrected chi connectivity index (χ4v) is 3.38. The highest BCUT2D eigenvalue weighted by atomic mass is 32.2. The van der Waals surface area contributed by atoms with Crippen molar-refractivity contribution in [3.05, 3.63) is 42.5 Å². The molecular weight excluding hydrogens is 384 g/mol. The molecule has 0 saturated carbocycles. The predicted molar refractivity (Wildman–Crippen MR) is 101 cm³/mol. The molecule has 28 heavy (non-hydrogen) atoms. The van der Waals surface area contributed by atoms with Crippen LogP contribution in [0.25, 0.3) is 0 Å². The predicted octanol–water partition coefficient (Wildman–Crippen LogP) is 1.54. The highest BCUT2D eigenvalue weighted by Crippen LogP contribution is 2.34. The third-order valence-corrected chi connectivity index (χ3v) is 5.00. The Morgan fingerprint density at radius 2 is 1.68 bits per heavy atom. The van der Waals surface area contributed by atoms with Crippen molar-refractivity contribution in [3.63, 3.8) is 0 Å². The second-order valence-electron chi connectivity index (χ2n) is 6.00. The topological polar surface area (TPSA) is 95.1 Å². The van der Waals surface area contributed by atoms with E-state index in [1.54, 1.807) is 18.2 Å². The molecule has 0 fully saturated rings. The maximum atomic E-state index is 12.2. The van der Waals surface area contributed by atoms with E-state index in [2.05, 4.69) is 10.9 Å². The van der Waals surface area contributed by atoms with Crippen LogP contribution in [0.4, 0.5) is 0 Å². The highest BCUT2D eigenvalue weighted by Gasteiger charge is 2.27. The molecule has 0 radical (unpaired) electrons. The Balaban J connectivity index is 1.23. The molecule has 146 valence electrons. The van der Waals surface area contributed by atoms with Gasteiger partial charge in [0.15, 0.2) is 23.0 Å². The molecule has 1 atom stereocenters. The summed E-state index contributed by atoms with van der Waals surface area (Å²) in [7, 11) is 0. The number of ether oxygens (including phenoxy) is 4. The maximum absolute atomic E-state index is 12.2. The van der Waals surface area contributed by atoms with E-state index >= 15 is 0 Å². The molecule has 4 rings (SSSR count). The normalized spacial score (nSPS) is 16.8. The largest absolute Gasteiger partial charge is 0.486 e. The minimum atomic E-state index is -0.833. The van der Waals surface area contributed by atoms with Crippen molar-refractivity contribution in [1.82, 2.24) is 10.9 Å². The quantitative estimate of drug-likeness (QED) is 0.592. The van der Waals surface area contributed by atoms with Gasteiger partial charge in [-0.25, -0.2) is 0 Å². The number of hydrogen-bond donors (Lipinski definition) is 2. The van der Waals surface area contributed by atoms with Crippen LogP contribution in [-0.2, 0) is 9.59 Å². The zero-order chi connectivity index (χ0) is 19.3. The summed E-state index contributed by atoms with van der Waals surface area (Å²) >= 11 is 1.32. The van der Waals surface area contributed by atoms with Crippen molar-refractivity contribution in [2.24, 2.45) is 0 Å². The number of benzene rings is 2. The number of hydrogen-bond acceptors (Lipinski definition) is 7. The van der Waals surface area contributed by atoms with Crippen LogP contribution in [0.15, 0.2) is 47.4 Å². The Hall–Kier alpha value is -3.07. The molecule has 2 heterocycles. The molecule has 0 saturated heterocycles. The molecule has 0 bridgehead atoms.